The molecule has 0 aliphatic carbocycles. The monoisotopic (exact) mass is 1020 g/mol. The Morgan fingerprint density at radius 1 is 0.429 bits per heavy atom. The van der Waals surface area contributed by atoms with Gasteiger partial charge in [-0.3, -0.25) is 28.2 Å². The number of hydrogen-bond acceptors (Lipinski definition) is 12. The number of phosphoric ester groups is 1. The molecule has 0 amide bonds. The molecule has 0 aromatic carbocycles. The van der Waals surface area contributed by atoms with E-state index in [0.29, 0.717) is 30.3 Å². The molecule has 3 atom stereocenters. The van der Waals surface area contributed by atoms with Gasteiger partial charge in [0.05, 0.1) is 27.7 Å². The Labute approximate surface area is 427 Å². The Morgan fingerprint density at radius 3 is 1.03 bits per heavy atom. The zero-order chi connectivity index (χ0) is 51.8. The molecule has 0 fully saturated rings. The molecular formula is C55H108N2O12P+. The van der Waals surface area contributed by atoms with Crippen LogP contribution in [0.25, 0.3) is 0 Å². The number of rotatable bonds is 53. The maximum Gasteiger partial charge on any atom is 0.472 e. The van der Waals surface area contributed by atoms with Gasteiger partial charge in [-0.05, 0) is 25.7 Å². The quantitative estimate of drug-likeness (QED) is 0.0193. The van der Waals surface area contributed by atoms with E-state index >= 15 is 0 Å². The average Bonchev–Trinajstić information content (AvgIpc) is 3.31. The topological polar surface area (TPSA) is 187 Å². The van der Waals surface area contributed by atoms with Crippen LogP contribution in [0.3, 0.4) is 0 Å². The summed E-state index contributed by atoms with van der Waals surface area (Å²) >= 11 is 0. The van der Waals surface area contributed by atoms with Crippen molar-refractivity contribution in [2.75, 3.05) is 60.7 Å². The molecule has 0 radical (unpaired) electrons. The lowest BCUT2D eigenvalue weighted by molar-refractivity contribution is -0.870. The third kappa shape index (κ3) is 49.5. The maximum absolute atomic E-state index is 12.7. The van der Waals surface area contributed by atoms with Crippen molar-refractivity contribution in [1.29, 1.82) is 0 Å². The third-order valence-electron chi connectivity index (χ3n) is 12.6. The van der Waals surface area contributed by atoms with E-state index in [2.05, 4.69) is 13.8 Å². The number of nitrogens with two attached hydrogens (primary N) is 1. The number of quaternary nitrogens is 1. The van der Waals surface area contributed by atoms with Gasteiger partial charge in [0.1, 0.15) is 32.5 Å². The van der Waals surface area contributed by atoms with Gasteiger partial charge < -0.3 is 34.1 Å². The summed E-state index contributed by atoms with van der Waals surface area (Å²) in [5.74, 6) is -1.34. The van der Waals surface area contributed by atoms with Crippen molar-refractivity contribution in [1.82, 2.24) is 0 Å². The number of phosphoric acid groups is 1. The van der Waals surface area contributed by atoms with Gasteiger partial charge in [0.25, 0.3) is 0 Å². The second-order valence-electron chi connectivity index (χ2n) is 20.8. The van der Waals surface area contributed by atoms with Crippen LogP contribution < -0.4 is 5.73 Å². The summed E-state index contributed by atoms with van der Waals surface area (Å²) in [7, 11) is 1.44. The van der Waals surface area contributed by atoms with E-state index in [1.165, 1.54) is 135 Å². The second kappa shape index (κ2) is 47.9. The first-order valence-electron chi connectivity index (χ1n) is 28.5. The number of carbonyl (C=O) groups excluding carboxylic acids is 4. The van der Waals surface area contributed by atoms with Gasteiger partial charge >= 0.3 is 31.7 Å². The molecule has 14 nitrogen and oxygen atoms in total. The van der Waals surface area contributed by atoms with Crippen molar-refractivity contribution in [3.63, 3.8) is 0 Å². The predicted octanol–water partition coefficient (Wildman–Crippen LogP) is 13.6. The van der Waals surface area contributed by atoms with Gasteiger partial charge in [-0.25, -0.2) is 4.57 Å². The standard InChI is InChI=1S/C55H107N2O12P/c1-6-8-10-12-14-28-32-36-40-52(58)64-47-50(46-56)68-54(60)42-38-34-30-26-24-22-20-18-16-17-19-21-23-25-27-31-35-39-43-55(61)69-51(49-67-70(62,63)66-45-44-57(3,4)5)48-65-53(59)41-37-33-29-15-13-11-9-7-2/h50-51H,6-49,56H2,1-5H3/p+1/t50-,51+/m0/s1. The Morgan fingerprint density at radius 2 is 0.714 bits per heavy atom. The summed E-state index contributed by atoms with van der Waals surface area (Å²) in [4.78, 5) is 59.8. The minimum absolute atomic E-state index is 0.0196. The summed E-state index contributed by atoms with van der Waals surface area (Å²) in [6, 6.07) is 0. The SMILES string of the molecule is CCCCCCCCCCC(=O)OC[C@H](COP(=O)(O)OCC[N+](C)(C)C)OC(=O)CCCCCCCCCCCCCCCCCCCCC(=O)O[C@@H](CN)COC(=O)CCCCCCCCCC. The van der Waals surface area contributed by atoms with Crippen LogP contribution in [-0.2, 0) is 51.7 Å². The van der Waals surface area contributed by atoms with E-state index in [9.17, 15) is 28.6 Å². The highest BCUT2D eigenvalue weighted by molar-refractivity contribution is 7.47. The van der Waals surface area contributed by atoms with Gasteiger partial charge in [0.15, 0.2) is 6.10 Å². The van der Waals surface area contributed by atoms with Crippen molar-refractivity contribution < 1.29 is 61.1 Å². The van der Waals surface area contributed by atoms with Crippen LogP contribution in [-0.4, -0.2) is 106 Å². The molecule has 70 heavy (non-hydrogen) atoms. The normalized spacial score (nSPS) is 13.4. The Bertz CT molecular complexity index is 1300. The lowest BCUT2D eigenvalue weighted by Gasteiger charge is -2.24. The molecular weight excluding hydrogens is 912 g/mol. The molecule has 0 aromatic rings. The molecule has 15 heteroatoms. The molecule has 0 aliphatic heterocycles. The zero-order valence-corrected chi connectivity index (χ0v) is 46.6. The fourth-order valence-electron chi connectivity index (χ4n) is 8.09. The highest BCUT2D eigenvalue weighted by Gasteiger charge is 2.27. The van der Waals surface area contributed by atoms with Crippen molar-refractivity contribution >= 4 is 31.7 Å². The van der Waals surface area contributed by atoms with Crippen LogP contribution in [0.2, 0.25) is 0 Å². The summed E-state index contributed by atoms with van der Waals surface area (Å²) in [5, 5.41) is 0. The van der Waals surface area contributed by atoms with E-state index in [4.69, 9.17) is 33.7 Å². The van der Waals surface area contributed by atoms with Gasteiger partial charge in [0, 0.05) is 32.2 Å². The molecule has 0 rings (SSSR count). The number of unbranched alkanes of at least 4 members (excludes halogenated alkanes) is 31. The Hall–Kier alpha value is -2.09. The first-order chi connectivity index (χ1) is 33.7. The minimum atomic E-state index is -4.39. The van der Waals surface area contributed by atoms with Crippen molar-refractivity contribution in [3.8, 4) is 0 Å². The van der Waals surface area contributed by atoms with Crippen LogP contribution >= 0.6 is 7.82 Å². The van der Waals surface area contributed by atoms with Crippen LogP contribution in [0.4, 0.5) is 0 Å². The maximum atomic E-state index is 12.7. The molecule has 0 aromatic heterocycles. The zero-order valence-electron chi connectivity index (χ0n) is 45.7. The predicted molar refractivity (Wildman–Crippen MR) is 282 cm³/mol. The highest BCUT2D eigenvalue weighted by Crippen LogP contribution is 2.43. The van der Waals surface area contributed by atoms with E-state index in [1.54, 1.807) is 0 Å². The Kier molecular flexibility index (Phi) is 46.5. The molecule has 0 saturated carbocycles. The van der Waals surface area contributed by atoms with E-state index < -0.39 is 32.6 Å². The number of likely N-dealkylation sites (N-methyl/N-ethyl adjacent to an activating group) is 1. The molecule has 1 unspecified atom stereocenters. The van der Waals surface area contributed by atoms with Gasteiger partial charge in [-0.15, -0.1) is 0 Å². The minimum Gasteiger partial charge on any atom is -0.462 e. The molecule has 0 heterocycles. The van der Waals surface area contributed by atoms with E-state index in [0.717, 1.165) is 77.0 Å². The van der Waals surface area contributed by atoms with Crippen LogP contribution in [0.1, 0.15) is 258 Å². The number of carbonyl (C=O) groups is 4. The van der Waals surface area contributed by atoms with Crippen LogP contribution in [0, 0.1) is 0 Å². The molecule has 3 N–H and O–H groups in total. The highest BCUT2D eigenvalue weighted by atomic mass is 31.2. The van der Waals surface area contributed by atoms with Crippen LogP contribution in [0.15, 0.2) is 0 Å². The van der Waals surface area contributed by atoms with Gasteiger partial charge in [0.2, 0.25) is 0 Å². The fourth-order valence-corrected chi connectivity index (χ4v) is 8.83. The number of ether oxygens (including phenoxy) is 4. The summed E-state index contributed by atoms with van der Waals surface area (Å²) in [6.45, 7) is 4.45. The number of esters is 4. The molecule has 0 aliphatic rings. The summed E-state index contributed by atoms with van der Waals surface area (Å²) in [6.07, 6.45) is 38.5. The lowest BCUT2D eigenvalue weighted by atomic mass is 10.0. The lowest BCUT2D eigenvalue weighted by Crippen LogP contribution is -2.37. The fraction of sp³-hybridized carbons (Fsp3) is 0.927. The second-order valence-corrected chi connectivity index (χ2v) is 22.2. The van der Waals surface area contributed by atoms with Gasteiger partial charge in [-0.2, -0.15) is 0 Å². The molecule has 414 valence electrons. The third-order valence-corrected chi connectivity index (χ3v) is 13.6. The van der Waals surface area contributed by atoms with Crippen LogP contribution in [0.5, 0.6) is 0 Å². The average molecular weight is 1020 g/mol. The summed E-state index contributed by atoms with van der Waals surface area (Å²) < 4.78 is 45.1. The smallest absolute Gasteiger partial charge is 0.462 e. The van der Waals surface area contributed by atoms with Crippen molar-refractivity contribution in [3.05, 3.63) is 0 Å². The summed E-state index contributed by atoms with van der Waals surface area (Å²) in [5.41, 5.74) is 5.77. The number of nitrogens with zero attached hydrogens (tertiary/aromatic N) is 1. The van der Waals surface area contributed by atoms with E-state index in [-0.39, 0.29) is 57.1 Å². The first-order valence-corrected chi connectivity index (χ1v) is 30.0. The van der Waals surface area contributed by atoms with Crippen molar-refractivity contribution in [2.24, 2.45) is 5.73 Å². The largest absolute Gasteiger partial charge is 0.472 e. The molecule has 0 spiro atoms. The molecule has 0 bridgehead atoms. The van der Waals surface area contributed by atoms with E-state index in [1.807, 2.05) is 21.1 Å². The first kappa shape index (κ1) is 67.9. The Balaban J connectivity index is 3.99. The number of hydrogen-bond donors (Lipinski definition) is 2. The molecule has 0 saturated heterocycles. The van der Waals surface area contributed by atoms with Gasteiger partial charge in [-0.1, -0.05) is 206 Å². The van der Waals surface area contributed by atoms with Crippen molar-refractivity contribution in [2.45, 2.75) is 270 Å².